The minimum absolute atomic E-state index is 0.0683. The van der Waals surface area contributed by atoms with Gasteiger partial charge in [-0.3, -0.25) is 10.1 Å². The van der Waals surface area contributed by atoms with Gasteiger partial charge >= 0.3 is 0 Å². The molecule has 2 rings (SSSR count). The van der Waals surface area contributed by atoms with Crippen molar-refractivity contribution < 1.29 is 9.66 Å². The summed E-state index contributed by atoms with van der Waals surface area (Å²) in [6.07, 6.45) is 2.21. The largest absolute Gasteiger partial charge is 0.382 e. The molecule has 0 heterocycles. The zero-order chi connectivity index (χ0) is 15.6. The Kier molecular flexibility index (Phi) is 4.74. The monoisotopic (exact) mass is 312 g/mol. The van der Waals surface area contributed by atoms with Gasteiger partial charge < -0.3 is 10.1 Å². The Balaban J connectivity index is 2.09. The van der Waals surface area contributed by atoms with Gasteiger partial charge in [-0.1, -0.05) is 25.4 Å². The summed E-state index contributed by atoms with van der Waals surface area (Å²) >= 11 is 5.95. The molecule has 1 aliphatic rings. The molecule has 1 aromatic rings. The first-order chi connectivity index (χ1) is 9.92. The molecular formula is C15H21ClN2O3. The van der Waals surface area contributed by atoms with Crippen molar-refractivity contribution in [1.82, 2.24) is 0 Å². The summed E-state index contributed by atoms with van der Waals surface area (Å²) in [5, 5.41) is 14.4. The Labute approximate surface area is 129 Å². The fourth-order valence-electron chi connectivity index (χ4n) is 2.92. The lowest BCUT2D eigenvalue weighted by molar-refractivity contribution is -0.384. The number of nitro groups is 1. The molecule has 3 atom stereocenters. The molecule has 1 aliphatic carbocycles. The molecule has 1 fully saturated rings. The Morgan fingerprint density at radius 2 is 2.24 bits per heavy atom. The molecule has 5 nitrogen and oxygen atoms in total. The third kappa shape index (κ3) is 2.99. The number of nitro benzene ring substituents is 1. The van der Waals surface area contributed by atoms with Crippen molar-refractivity contribution in [3.8, 4) is 0 Å². The minimum Gasteiger partial charge on any atom is -0.382 e. The Bertz CT molecular complexity index is 538. The van der Waals surface area contributed by atoms with E-state index in [0.29, 0.717) is 0 Å². The minimum atomic E-state index is -0.475. The number of anilines is 1. The fourth-order valence-corrected chi connectivity index (χ4v) is 3.17. The maximum absolute atomic E-state index is 10.8. The average Bonchev–Trinajstić information content (AvgIpc) is 2.45. The summed E-state index contributed by atoms with van der Waals surface area (Å²) in [7, 11) is 0. The van der Waals surface area contributed by atoms with Crippen LogP contribution in [0.5, 0.6) is 0 Å². The standard InChI is InChI=1S/C15H21ClN2O3/c1-4-15(3)13(9-14(15)21-5-2)17-10-6-7-12(18(19)20)11(16)8-10/h6-8,13-14,17H,4-5,9H2,1-3H3. The zero-order valence-corrected chi connectivity index (χ0v) is 13.3. The van der Waals surface area contributed by atoms with Gasteiger partial charge in [0.25, 0.3) is 5.69 Å². The third-order valence-corrected chi connectivity index (χ3v) is 4.90. The summed E-state index contributed by atoms with van der Waals surface area (Å²) in [6.45, 7) is 7.09. The number of benzene rings is 1. The van der Waals surface area contributed by atoms with Gasteiger partial charge in [-0.05, 0) is 31.9 Å². The van der Waals surface area contributed by atoms with E-state index in [-0.39, 0.29) is 28.3 Å². The molecule has 0 spiro atoms. The average molecular weight is 313 g/mol. The Hall–Kier alpha value is -1.33. The second-order valence-electron chi connectivity index (χ2n) is 5.66. The van der Waals surface area contributed by atoms with E-state index in [2.05, 4.69) is 19.2 Å². The van der Waals surface area contributed by atoms with Gasteiger partial charge in [-0.2, -0.15) is 0 Å². The molecular weight excluding hydrogens is 292 g/mol. The predicted octanol–water partition coefficient (Wildman–Crippen LogP) is 4.25. The summed E-state index contributed by atoms with van der Waals surface area (Å²) < 4.78 is 5.77. The van der Waals surface area contributed by atoms with E-state index < -0.39 is 4.92 Å². The lowest BCUT2D eigenvalue weighted by atomic mass is 9.61. The van der Waals surface area contributed by atoms with Crippen LogP contribution in [0.1, 0.15) is 33.6 Å². The van der Waals surface area contributed by atoms with Crippen molar-refractivity contribution >= 4 is 23.0 Å². The van der Waals surface area contributed by atoms with Gasteiger partial charge in [0.05, 0.1) is 11.0 Å². The number of hydrogen-bond donors (Lipinski definition) is 1. The van der Waals surface area contributed by atoms with Crippen molar-refractivity contribution in [1.29, 1.82) is 0 Å². The quantitative estimate of drug-likeness (QED) is 0.630. The summed E-state index contributed by atoms with van der Waals surface area (Å²) in [6, 6.07) is 5.04. The number of rotatable bonds is 6. The van der Waals surface area contributed by atoms with E-state index in [1.165, 1.54) is 6.07 Å². The molecule has 1 N–H and O–H groups in total. The zero-order valence-electron chi connectivity index (χ0n) is 12.6. The molecule has 0 saturated heterocycles. The Morgan fingerprint density at radius 1 is 1.52 bits per heavy atom. The fraction of sp³-hybridized carbons (Fsp3) is 0.600. The molecule has 0 aliphatic heterocycles. The molecule has 0 aromatic heterocycles. The van der Waals surface area contributed by atoms with Gasteiger partial charge in [0.15, 0.2) is 0 Å². The molecule has 3 unspecified atom stereocenters. The van der Waals surface area contributed by atoms with Crippen LogP contribution in [0.15, 0.2) is 18.2 Å². The van der Waals surface area contributed by atoms with E-state index in [4.69, 9.17) is 16.3 Å². The predicted molar refractivity (Wildman–Crippen MR) is 83.9 cm³/mol. The van der Waals surface area contributed by atoms with Crippen molar-refractivity contribution in [3.05, 3.63) is 33.3 Å². The van der Waals surface area contributed by atoms with Crippen molar-refractivity contribution in [2.75, 3.05) is 11.9 Å². The first-order valence-electron chi connectivity index (χ1n) is 7.24. The smallest absolute Gasteiger partial charge is 0.288 e. The molecule has 116 valence electrons. The maximum Gasteiger partial charge on any atom is 0.288 e. The maximum atomic E-state index is 10.8. The van der Waals surface area contributed by atoms with Crippen LogP contribution in [0.25, 0.3) is 0 Å². The van der Waals surface area contributed by atoms with E-state index in [1.54, 1.807) is 12.1 Å². The molecule has 0 amide bonds. The highest BCUT2D eigenvalue weighted by Gasteiger charge is 2.51. The van der Waals surface area contributed by atoms with Crippen LogP contribution in [0.4, 0.5) is 11.4 Å². The van der Waals surface area contributed by atoms with Crippen LogP contribution in [0.3, 0.4) is 0 Å². The number of hydrogen-bond acceptors (Lipinski definition) is 4. The van der Waals surface area contributed by atoms with Gasteiger partial charge in [0.2, 0.25) is 0 Å². The highest BCUT2D eigenvalue weighted by Crippen LogP contribution is 2.47. The Morgan fingerprint density at radius 3 is 2.76 bits per heavy atom. The van der Waals surface area contributed by atoms with Gasteiger partial charge in [0.1, 0.15) is 5.02 Å². The van der Waals surface area contributed by atoms with Crippen LogP contribution in [-0.4, -0.2) is 23.7 Å². The molecule has 0 bridgehead atoms. The highest BCUT2D eigenvalue weighted by molar-refractivity contribution is 6.32. The summed E-state index contributed by atoms with van der Waals surface area (Å²) in [4.78, 5) is 10.3. The molecule has 1 aromatic carbocycles. The number of nitrogens with zero attached hydrogens (tertiary/aromatic N) is 1. The normalized spacial score (nSPS) is 28.0. The molecule has 0 radical (unpaired) electrons. The van der Waals surface area contributed by atoms with Gasteiger partial charge in [-0.15, -0.1) is 0 Å². The lowest BCUT2D eigenvalue weighted by Crippen LogP contribution is -2.59. The van der Waals surface area contributed by atoms with Gasteiger partial charge in [-0.25, -0.2) is 0 Å². The summed E-state index contributed by atoms with van der Waals surface area (Å²) in [5.41, 5.74) is 0.816. The van der Waals surface area contributed by atoms with E-state index in [1.807, 2.05) is 6.92 Å². The van der Waals surface area contributed by atoms with E-state index in [0.717, 1.165) is 25.1 Å². The number of ether oxygens (including phenoxy) is 1. The molecule has 21 heavy (non-hydrogen) atoms. The first-order valence-corrected chi connectivity index (χ1v) is 7.62. The second kappa shape index (κ2) is 6.20. The van der Waals surface area contributed by atoms with Crippen LogP contribution in [-0.2, 0) is 4.74 Å². The van der Waals surface area contributed by atoms with E-state index >= 15 is 0 Å². The SMILES string of the molecule is CCOC1CC(Nc2ccc([N+](=O)[O-])c(Cl)c2)C1(C)CC. The van der Waals surface area contributed by atoms with Crippen molar-refractivity contribution in [2.24, 2.45) is 5.41 Å². The van der Waals surface area contributed by atoms with Gasteiger partial charge in [0, 0.05) is 29.8 Å². The van der Waals surface area contributed by atoms with Crippen LogP contribution in [0.2, 0.25) is 5.02 Å². The molecule has 1 saturated carbocycles. The van der Waals surface area contributed by atoms with Crippen molar-refractivity contribution in [3.63, 3.8) is 0 Å². The first kappa shape index (κ1) is 16.0. The number of halogens is 1. The second-order valence-corrected chi connectivity index (χ2v) is 6.07. The molecule has 6 heteroatoms. The highest BCUT2D eigenvalue weighted by atomic mass is 35.5. The number of nitrogens with one attached hydrogen (secondary N) is 1. The lowest BCUT2D eigenvalue weighted by Gasteiger charge is -2.53. The summed E-state index contributed by atoms with van der Waals surface area (Å²) in [5.74, 6) is 0. The van der Waals surface area contributed by atoms with Crippen LogP contribution in [0, 0.1) is 15.5 Å². The third-order valence-electron chi connectivity index (χ3n) is 4.60. The topological polar surface area (TPSA) is 64.4 Å². The van der Waals surface area contributed by atoms with Crippen molar-refractivity contribution in [2.45, 2.75) is 45.8 Å². The van der Waals surface area contributed by atoms with Crippen LogP contribution < -0.4 is 5.32 Å². The van der Waals surface area contributed by atoms with E-state index in [9.17, 15) is 10.1 Å². The van der Waals surface area contributed by atoms with Crippen LogP contribution >= 0.6 is 11.6 Å².